The number of aromatic nitrogens is 2. The molecule has 4 nitrogen and oxygen atoms in total. The summed E-state index contributed by atoms with van der Waals surface area (Å²) in [5.41, 5.74) is 1.16. The Bertz CT molecular complexity index is 1030. The minimum atomic E-state index is -4.55. The number of fused-ring (bicyclic) bond motifs is 1. The predicted octanol–water partition coefficient (Wildman–Crippen LogP) is 5.52. The summed E-state index contributed by atoms with van der Waals surface area (Å²) >= 11 is 0. The lowest BCUT2D eigenvalue weighted by atomic mass is 9.90. The van der Waals surface area contributed by atoms with Crippen molar-refractivity contribution in [1.82, 2.24) is 9.55 Å². The smallest absolute Gasteiger partial charge is 0.382 e. The van der Waals surface area contributed by atoms with Crippen LogP contribution in [0.4, 0.5) is 18.9 Å². The summed E-state index contributed by atoms with van der Waals surface area (Å²) < 4.78 is 41.8. The van der Waals surface area contributed by atoms with Crippen LogP contribution in [-0.2, 0) is 6.18 Å². The van der Waals surface area contributed by atoms with Crippen LogP contribution in [0.1, 0.15) is 42.9 Å². The quantitative estimate of drug-likeness (QED) is 0.647. The first kappa shape index (κ1) is 18.4. The van der Waals surface area contributed by atoms with Gasteiger partial charge in [-0.05, 0) is 56.0 Å². The molecule has 1 fully saturated rings. The first-order valence-corrected chi connectivity index (χ1v) is 9.25. The molecule has 0 amide bonds. The molecule has 1 aromatic heterocycles. The summed E-state index contributed by atoms with van der Waals surface area (Å²) in [5, 5.41) is 12.2. The Morgan fingerprint density at radius 2 is 1.96 bits per heavy atom. The molecule has 0 radical (unpaired) electrons. The number of nitriles is 1. The molecule has 1 saturated carbocycles. The van der Waals surface area contributed by atoms with Crippen LogP contribution in [0, 0.1) is 11.3 Å². The summed E-state index contributed by atoms with van der Waals surface area (Å²) in [7, 11) is 0. The van der Waals surface area contributed by atoms with Crippen molar-refractivity contribution in [2.24, 2.45) is 0 Å². The highest BCUT2D eigenvalue weighted by atomic mass is 19.4. The fourth-order valence-corrected chi connectivity index (χ4v) is 4.02. The second kappa shape index (κ2) is 7.19. The normalized spacial score (nSPS) is 20.1. The van der Waals surface area contributed by atoms with Crippen LogP contribution in [0.2, 0.25) is 0 Å². The van der Waals surface area contributed by atoms with E-state index in [1.807, 2.05) is 30.6 Å². The fourth-order valence-electron chi connectivity index (χ4n) is 4.02. The lowest BCUT2D eigenvalue weighted by molar-refractivity contribution is -0.137. The topological polar surface area (TPSA) is 53.6 Å². The van der Waals surface area contributed by atoms with Gasteiger partial charge in [0.15, 0.2) is 0 Å². The van der Waals surface area contributed by atoms with Crippen molar-refractivity contribution in [3.63, 3.8) is 0 Å². The van der Waals surface area contributed by atoms with E-state index in [9.17, 15) is 13.2 Å². The number of rotatable bonds is 3. The van der Waals surface area contributed by atoms with E-state index in [2.05, 4.69) is 14.9 Å². The maximum absolute atomic E-state index is 13.2. The average molecular weight is 384 g/mol. The molecule has 0 bridgehead atoms. The fraction of sp³-hybridized carbons (Fsp3) is 0.333. The van der Waals surface area contributed by atoms with Gasteiger partial charge in [0.25, 0.3) is 0 Å². The molecule has 1 heterocycles. The number of halogens is 3. The lowest BCUT2D eigenvalue weighted by Gasteiger charge is -2.31. The molecule has 4 rings (SSSR count). The Balaban J connectivity index is 1.54. The molecule has 0 aliphatic heterocycles. The molecule has 28 heavy (non-hydrogen) atoms. The van der Waals surface area contributed by atoms with E-state index in [1.165, 1.54) is 6.07 Å². The van der Waals surface area contributed by atoms with Crippen LogP contribution in [0.3, 0.4) is 0 Å². The summed E-state index contributed by atoms with van der Waals surface area (Å²) in [5.74, 6) is 0. The molecule has 0 spiro atoms. The van der Waals surface area contributed by atoms with E-state index in [-0.39, 0.29) is 17.6 Å². The number of anilines is 1. The maximum Gasteiger partial charge on any atom is 0.417 e. The SMILES string of the molecule is N#Cc1ccc(NC2CCCC(n3cnc4ccccc43)C2)cc1C(F)(F)F. The van der Waals surface area contributed by atoms with E-state index >= 15 is 0 Å². The van der Waals surface area contributed by atoms with Crippen LogP contribution in [-0.4, -0.2) is 15.6 Å². The van der Waals surface area contributed by atoms with Crippen molar-refractivity contribution < 1.29 is 13.2 Å². The van der Waals surface area contributed by atoms with Gasteiger partial charge in [-0.25, -0.2) is 4.98 Å². The highest BCUT2D eigenvalue weighted by Crippen LogP contribution is 2.36. The Morgan fingerprint density at radius 1 is 1.14 bits per heavy atom. The minimum Gasteiger partial charge on any atom is -0.382 e. The second-order valence-electron chi connectivity index (χ2n) is 7.17. The molecule has 2 unspecified atom stereocenters. The van der Waals surface area contributed by atoms with Crippen LogP contribution < -0.4 is 5.32 Å². The Kier molecular flexibility index (Phi) is 4.71. The molecule has 7 heteroatoms. The van der Waals surface area contributed by atoms with Crippen molar-refractivity contribution in [2.45, 2.75) is 43.9 Å². The van der Waals surface area contributed by atoms with Crippen LogP contribution in [0.5, 0.6) is 0 Å². The van der Waals surface area contributed by atoms with E-state index in [0.29, 0.717) is 5.69 Å². The van der Waals surface area contributed by atoms with Gasteiger partial charge in [0.2, 0.25) is 0 Å². The van der Waals surface area contributed by atoms with Gasteiger partial charge in [0.1, 0.15) is 0 Å². The average Bonchev–Trinajstić information content (AvgIpc) is 3.12. The molecule has 3 aromatic rings. The zero-order valence-corrected chi connectivity index (χ0v) is 15.1. The van der Waals surface area contributed by atoms with Crippen LogP contribution in [0.25, 0.3) is 11.0 Å². The molecule has 1 aliphatic rings. The van der Waals surface area contributed by atoms with Crippen molar-refractivity contribution in [2.75, 3.05) is 5.32 Å². The number of hydrogen-bond acceptors (Lipinski definition) is 3. The molecular formula is C21H19F3N4. The van der Waals surface area contributed by atoms with Crippen molar-refractivity contribution in [3.05, 3.63) is 59.9 Å². The number of benzene rings is 2. The van der Waals surface area contributed by atoms with Crippen molar-refractivity contribution in [3.8, 4) is 6.07 Å². The molecule has 0 saturated heterocycles. The zero-order chi connectivity index (χ0) is 19.7. The predicted molar refractivity (Wildman–Crippen MR) is 101 cm³/mol. The number of imidazole rings is 1. The van der Waals surface area contributed by atoms with Crippen molar-refractivity contribution >= 4 is 16.7 Å². The molecule has 1 N–H and O–H groups in total. The van der Waals surface area contributed by atoms with Gasteiger partial charge in [0.05, 0.1) is 34.6 Å². The number of para-hydroxylation sites is 2. The summed E-state index contributed by atoms with van der Waals surface area (Å²) in [6, 6.07) is 13.7. The third kappa shape index (κ3) is 3.55. The standard InChI is InChI=1S/C21H19F3N4/c22-21(23,24)18-11-16(9-8-14(18)12-25)27-15-4-3-5-17(10-15)28-13-26-19-6-1-2-7-20(19)28/h1-2,6-9,11,13,15,17,27H,3-5,10H2. The molecule has 1 aliphatic carbocycles. The van der Waals surface area contributed by atoms with Gasteiger partial charge in [-0.3, -0.25) is 0 Å². The second-order valence-corrected chi connectivity index (χ2v) is 7.17. The Labute approximate surface area is 160 Å². The largest absolute Gasteiger partial charge is 0.417 e. The number of alkyl halides is 3. The summed E-state index contributed by atoms with van der Waals surface area (Å²) in [4.78, 5) is 4.45. The molecular weight excluding hydrogens is 365 g/mol. The molecule has 2 aromatic carbocycles. The number of nitrogens with zero attached hydrogens (tertiary/aromatic N) is 3. The first-order chi connectivity index (χ1) is 13.5. The maximum atomic E-state index is 13.2. The van der Waals surface area contributed by atoms with Gasteiger partial charge in [-0.2, -0.15) is 18.4 Å². The van der Waals surface area contributed by atoms with E-state index in [1.54, 1.807) is 12.1 Å². The van der Waals surface area contributed by atoms with E-state index in [0.717, 1.165) is 42.8 Å². The Hall–Kier alpha value is -3.01. The van der Waals surface area contributed by atoms with Crippen molar-refractivity contribution in [1.29, 1.82) is 5.26 Å². The number of nitrogens with one attached hydrogen (secondary N) is 1. The van der Waals surface area contributed by atoms with Gasteiger partial charge in [-0.15, -0.1) is 0 Å². The minimum absolute atomic E-state index is 0.0638. The monoisotopic (exact) mass is 384 g/mol. The molecule has 2 atom stereocenters. The third-order valence-electron chi connectivity index (χ3n) is 5.34. The highest BCUT2D eigenvalue weighted by Gasteiger charge is 2.34. The summed E-state index contributed by atoms with van der Waals surface area (Å²) in [6.45, 7) is 0. The van der Waals surface area contributed by atoms with Crippen LogP contribution in [0.15, 0.2) is 48.8 Å². The third-order valence-corrected chi connectivity index (χ3v) is 5.34. The van der Waals surface area contributed by atoms with E-state index < -0.39 is 11.7 Å². The lowest BCUT2D eigenvalue weighted by Crippen LogP contribution is -2.28. The van der Waals surface area contributed by atoms with E-state index in [4.69, 9.17) is 5.26 Å². The summed E-state index contributed by atoms with van der Waals surface area (Å²) in [6.07, 6.45) is 0.998. The van der Waals surface area contributed by atoms with Gasteiger partial charge < -0.3 is 9.88 Å². The van der Waals surface area contributed by atoms with Gasteiger partial charge in [0, 0.05) is 17.8 Å². The zero-order valence-electron chi connectivity index (χ0n) is 15.1. The number of hydrogen-bond donors (Lipinski definition) is 1. The molecule has 144 valence electrons. The van der Waals surface area contributed by atoms with Gasteiger partial charge >= 0.3 is 6.18 Å². The first-order valence-electron chi connectivity index (χ1n) is 9.25. The Morgan fingerprint density at radius 3 is 2.75 bits per heavy atom. The highest BCUT2D eigenvalue weighted by molar-refractivity contribution is 5.75. The van der Waals surface area contributed by atoms with Gasteiger partial charge in [-0.1, -0.05) is 12.1 Å². The van der Waals surface area contributed by atoms with Crippen LogP contribution >= 0.6 is 0 Å².